The zero-order chi connectivity index (χ0) is 16.7. The van der Waals surface area contributed by atoms with Gasteiger partial charge in [0, 0.05) is 51.2 Å². The van der Waals surface area contributed by atoms with Gasteiger partial charge in [-0.05, 0) is 6.07 Å². The number of nitrogens with zero attached hydrogens (tertiary/aromatic N) is 3. The highest BCUT2D eigenvalue weighted by molar-refractivity contribution is 7.15. The number of fused-ring (bicyclic) bond motifs is 1. The zero-order valence-electron chi connectivity index (χ0n) is 13.2. The van der Waals surface area contributed by atoms with Crippen molar-refractivity contribution < 1.29 is 13.9 Å². The van der Waals surface area contributed by atoms with E-state index >= 15 is 0 Å². The van der Waals surface area contributed by atoms with Crippen molar-refractivity contribution in [2.45, 2.75) is 31.9 Å². The summed E-state index contributed by atoms with van der Waals surface area (Å²) in [7, 11) is 0. The van der Waals surface area contributed by atoms with Gasteiger partial charge in [-0.2, -0.15) is 9.37 Å². The minimum Gasteiger partial charge on any atom is -0.484 e. The highest BCUT2D eigenvalue weighted by Gasteiger charge is 2.45. The Morgan fingerprint density at radius 1 is 1.58 bits per heavy atom. The minimum atomic E-state index is -0.510. The van der Waals surface area contributed by atoms with Gasteiger partial charge in [0.05, 0.1) is 11.1 Å². The number of anilines is 1. The van der Waals surface area contributed by atoms with Crippen molar-refractivity contribution >= 4 is 22.4 Å². The van der Waals surface area contributed by atoms with E-state index in [2.05, 4.69) is 20.2 Å². The molecule has 2 aliphatic rings. The van der Waals surface area contributed by atoms with Crippen molar-refractivity contribution in [2.75, 3.05) is 18.4 Å². The second-order valence-electron chi connectivity index (χ2n) is 6.32. The van der Waals surface area contributed by atoms with Gasteiger partial charge in [0.15, 0.2) is 5.13 Å². The van der Waals surface area contributed by atoms with Crippen molar-refractivity contribution in [1.29, 1.82) is 0 Å². The molecular formula is C16H17FN4O2S. The number of carbonyl (C=O) groups is 1. The number of pyridine rings is 1. The van der Waals surface area contributed by atoms with E-state index in [1.807, 2.05) is 6.07 Å². The Kier molecular flexibility index (Phi) is 3.73. The van der Waals surface area contributed by atoms with Gasteiger partial charge in [0.25, 0.3) is 0 Å². The maximum atomic E-state index is 14.0. The van der Waals surface area contributed by atoms with Crippen molar-refractivity contribution in [1.82, 2.24) is 14.9 Å². The number of carbonyl (C=O) groups excluding carboxylic acids is 1. The summed E-state index contributed by atoms with van der Waals surface area (Å²) < 4.78 is 20.1. The van der Waals surface area contributed by atoms with Crippen molar-refractivity contribution in [3.63, 3.8) is 0 Å². The average Bonchev–Trinajstić information content (AvgIpc) is 3.17. The normalized spacial score (nSPS) is 22.6. The lowest BCUT2D eigenvalue weighted by atomic mass is 9.97. The summed E-state index contributed by atoms with van der Waals surface area (Å²) in [6, 6.07) is 2.00. The lowest BCUT2D eigenvalue weighted by molar-refractivity contribution is -0.114. The first-order valence-electron chi connectivity index (χ1n) is 7.80. The number of ether oxygens (including phenoxy) is 1. The molecular weight excluding hydrogens is 331 g/mol. The molecule has 8 heteroatoms. The number of amides is 1. The van der Waals surface area contributed by atoms with Gasteiger partial charge < -0.3 is 10.1 Å². The van der Waals surface area contributed by atoms with Gasteiger partial charge in [-0.25, -0.2) is 0 Å². The number of hydrogen-bond acceptors (Lipinski definition) is 6. The molecule has 6 nitrogen and oxygen atoms in total. The van der Waals surface area contributed by atoms with Crippen LogP contribution in [0.25, 0.3) is 0 Å². The lowest BCUT2D eigenvalue weighted by Crippen LogP contribution is -2.37. The summed E-state index contributed by atoms with van der Waals surface area (Å²) in [6.07, 6.45) is 5.31. The van der Waals surface area contributed by atoms with Gasteiger partial charge in [-0.15, -0.1) is 0 Å². The number of thiazole rings is 1. The minimum absolute atomic E-state index is 0.229. The Bertz CT molecular complexity index is 769. The number of aromatic nitrogens is 2. The molecule has 4 rings (SSSR count). The Labute approximate surface area is 142 Å². The summed E-state index contributed by atoms with van der Waals surface area (Å²) in [5.41, 5.74) is 0.955. The molecule has 2 aromatic heterocycles. The number of hydrogen-bond donors (Lipinski definition) is 1. The molecule has 0 aromatic carbocycles. The van der Waals surface area contributed by atoms with Crippen LogP contribution in [-0.2, 0) is 17.8 Å². The highest BCUT2D eigenvalue weighted by atomic mass is 32.1. The summed E-state index contributed by atoms with van der Waals surface area (Å²) in [4.78, 5) is 21.6. The van der Waals surface area contributed by atoms with Crippen LogP contribution in [0.3, 0.4) is 0 Å². The third-order valence-corrected chi connectivity index (χ3v) is 5.34. The Morgan fingerprint density at radius 3 is 3.25 bits per heavy atom. The third-order valence-electron chi connectivity index (χ3n) is 4.40. The summed E-state index contributed by atoms with van der Waals surface area (Å²) in [5.74, 6) is 0.0990. The van der Waals surface area contributed by atoms with Crippen LogP contribution in [0, 0.1) is 5.95 Å². The van der Waals surface area contributed by atoms with E-state index in [-0.39, 0.29) is 11.5 Å². The molecule has 0 radical (unpaired) electrons. The van der Waals surface area contributed by atoms with E-state index in [0.29, 0.717) is 16.6 Å². The van der Waals surface area contributed by atoms with Crippen LogP contribution in [0.5, 0.6) is 5.75 Å². The highest BCUT2D eigenvalue weighted by Crippen LogP contribution is 2.40. The Morgan fingerprint density at radius 2 is 2.46 bits per heavy atom. The van der Waals surface area contributed by atoms with Gasteiger partial charge in [0.2, 0.25) is 11.9 Å². The molecule has 1 saturated heterocycles. The first kappa shape index (κ1) is 15.5. The summed E-state index contributed by atoms with van der Waals surface area (Å²) in [6.45, 7) is 3.44. The van der Waals surface area contributed by atoms with Gasteiger partial charge in [-0.3, -0.25) is 14.7 Å². The van der Waals surface area contributed by atoms with E-state index in [1.165, 1.54) is 23.8 Å². The fourth-order valence-electron chi connectivity index (χ4n) is 3.39. The fraction of sp³-hybridized carbons (Fsp3) is 0.438. The van der Waals surface area contributed by atoms with Gasteiger partial charge in [-0.1, -0.05) is 11.3 Å². The number of nitrogens with one attached hydrogen (secondary N) is 1. The van der Waals surface area contributed by atoms with E-state index < -0.39 is 5.95 Å². The smallest absolute Gasteiger partial charge is 0.230 e. The molecule has 2 aromatic rings. The first-order valence-corrected chi connectivity index (χ1v) is 8.62. The van der Waals surface area contributed by atoms with E-state index in [9.17, 15) is 9.18 Å². The van der Waals surface area contributed by atoms with Crippen LogP contribution in [0.4, 0.5) is 9.52 Å². The largest absolute Gasteiger partial charge is 0.484 e. The fourth-order valence-corrected chi connectivity index (χ4v) is 4.32. The molecule has 126 valence electrons. The zero-order valence-corrected chi connectivity index (χ0v) is 14.0. The molecule has 1 fully saturated rings. The molecule has 0 bridgehead atoms. The van der Waals surface area contributed by atoms with Crippen LogP contribution in [0.15, 0.2) is 18.5 Å². The van der Waals surface area contributed by atoms with Crippen molar-refractivity contribution in [2.24, 2.45) is 0 Å². The molecule has 1 N–H and O–H groups in total. The molecule has 1 atom stereocenters. The van der Waals surface area contributed by atoms with Gasteiger partial charge >= 0.3 is 0 Å². The quantitative estimate of drug-likeness (QED) is 0.921. The topological polar surface area (TPSA) is 67.4 Å². The van der Waals surface area contributed by atoms with Crippen LogP contribution < -0.4 is 10.1 Å². The SMILES string of the molecule is CC(=O)Nc1nc(F)c(CN2CCC3(Cc4ccncc4O3)C2)s1. The second kappa shape index (κ2) is 5.78. The first-order chi connectivity index (χ1) is 11.5. The second-order valence-corrected chi connectivity index (χ2v) is 7.40. The Hall–Kier alpha value is -2.06. The van der Waals surface area contributed by atoms with Crippen LogP contribution in [0.1, 0.15) is 23.8 Å². The Balaban J connectivity index is 1.43. The monoisotopic (exact) mass is 348 g/mol. The van der Waals surface area contributed by atoms with Crippen molar-refractivity contribution in [3.8, 4) is 5.75 Å². The van der Waals surface area contributed by atoms with Gasteiger partial charge in [0.1, 0.15) is 11.4 Å². The summed E-state index contributed by atoms with van der Waals surface area (Å²) in [5, 5.41) is 2.83. The standard InChI is InChI=1S/C16H17FN4O2S/c1-10(22)19-15-20-14(17)13(24-15)8-21-5-3-16(9-21)6-11-2-4-18-7-12(11)23-16/h2,4,7H,3,5-6,8-9H2,1H3,(H,19,20,22). The summed E-state index contributed by atoms with van der Waals surface area (Å²) >= 11 is 1.18. The third kappa shape index (κ3) is 2.87. The molecule has 1 amide bonds. The van der Waals surface area contributed by atoms with E-state index in [4.69, 9.17) is 4.74 Å². The molecule has 1 spiro atoms. The van der Waals surface area contributed by atoms with Crippen LogP contribution in [0.2, 0.25) is 0 Å². The van der Waals surface area contributed by atoms with Crippen LogP contribution in [-0.4, -0.2) is 39.5 Å². The van der Waals surface area contributed by atoms with Crippen molar-refractivity contribution in [3.05, 3.63) is 34.8 Å². The number of rotatable bonds is 3. The molecule has 0 saturated carbocycles. The molecule has 4 heterocycles. The van der Waals surface area contributed by atoms with Crippen LogP contribution >= 0.6 is 11.3 Å². The number of halogens is 1. The molecule has 1 unspecified atom stereocenters. The lowest BCUT2D eigenvalue weighted by Gasteiger charge is -2.23. The average molecular weight is 348 g/mol. The molecule has 2 aliphatic heterocycles. The van der Waals surface area contributed by atoms with E-state index in [0.717, 1.165) is 31.7 Å². The molecule has 0 aliphatic carbocycles. The molecule has 24 heavy (non-hydrogen) atoms. The maximum Gasteiger partial charge on any atom is 0.230 e. The predicted molar refractivity (Wildman–Crippen MR) is 87.6 cm³/mol. The predicted octanol–water partition coefficient (Wildman–Crippen LogP) is 2.22. The number of likely N-dealkylation sites (tertiary alicyclic amines) is 1. The maximum absolute atomic E-state index is 14.0. The van der Waals surface area contributed by atoms with E-state index in [1.54, 1.807) is 12.4 Å².